The Morgan fingerprint density at radius 3 is 3.00 bits per heavy atom. The summed E-state index contributed by atoms with van der Waals surface area (Å²) in [5.74, 6) is 0.890. The van der Waals surface area contributed by atoms with Gasteiger partial charge in [0.15, 0.2) is 0 Å². The third-order valence-electron chi connectivity index (χ3n) is 1.58. The molecule has 2 N–H and O–H groups in total. The highest BCUT2D eigenvalue weighted by Gasteiger charge is 2.08. The number of aromatic nitrogens is 4. The van der Waals surface area contributed by atoms with Crippen molar-refractivity contribution in [2.75, 3.05) is 0 Å². The molecule has 2 aromatic rings. The lowest BCUT2D eigenvalue weighted by Gasteiger charge is -1.82. The lowest BCUT2D eigenvalue weighted by atomic mass is 10.4. The maximum Gasteiger partial charge on any atom is 0.240 e. The van der Waals surface area contributed by atoms with E-state index in [4.69, 9.17) is 10.3 Å². The predicted molar refractivity (Wildman–Crippen MR) is 44.4 cm³/mol. The van der Waals surface area contributed by atoms with Crippen molar-refractivity contribution in [1.82, 2.24) is 19.7 Å². The number of nitrogens with zero attached hydrogens (tertiary/aromatic N) is 4. The maximum absolute atomic E-state index is 5.32. The van der Waals surface area contributed by atoms with E-state index in [1.54, 1.807) is 6.33 Å². The van der Waals surface area contributed by atoms with E-state index in [1.807, 2.05) is 17.8 Å². The van der Waals surface area contributed by atoms with Crippen LogP contribution in [-0.2, 0) is 13.6 Å². The summed E-state index contributed by atoms with van der Waals surface area (Å²) >= 11 is 0. The fourth-order valence-electron chi connectivity index (χ4n) is 0.970. The van der Waals surface area contributed by atoms with Crippen LogP contribution in [0, 0.1) is 0 Å². The number of hydrogen-bond acceptors (Lipinski definition) is 5. The van der Waals surface area contributed by atoms with Crippen molar-refractivity contribution in [2.24, 2.45) is 12.8 Å². The quantitative estimate of drug-likeness (QED) is 0.697. The fourth-order valence-corrected chi connectivity index (χ4v) is 0.970. The number of nitrogens with two attached hydrogens (primary N) is 1. The van der Waals surface area contributed by atoms with Gasteiger partial charge in [0, 0.05) is 13.2 Å². The van der Waals surface area contributed by atoms with E-state index in [9.17, 15) is 0 Å². The molecule has 6 nitrogen and oxygen atoms in total. The summed E-state index contributed by atoms with van der Waals surface area (Å²) in [6.07, 6.45) is 3.49. The Kier molecular flexibility index (Phi) is 1.82. The highest BCUT2D eigenvalue weighted by atomic mass is 16.5. The van der Waals surface area contributed by atoms with Crippen LogP contribution in [0.1, 0.15) is 5.89 Å². The van der Waals surface area contributed by atoms with Gasteiger partial charge < -0.3 is 14.8 Å². The van der Waals surface area contributed by atoms with Gasteiger partial charge in [-0.3, -0.25) is 0 Å². The Morgan fingerprint density at radius 1 is 1.62 bits per heavy atom. The molecule has 0 atom stereocenters. The molecule has 68 valence electrons. The van der Waals surface area contributed by atoms with Crippen LogP contribution in [0.2, 0.25) is 0 Å². The molecule has 0 aromatic carbocycles. The molecular formula is C7H9N5O. The van der Waals surface area contributed by atoms with Crippen LogP contribution in [0.15, 0.2) is 17.0 Å². The van der Waals surface area contributed by atoms with E-state index < -0.39 is 0 Å². The van der Waals surface area contributed by atoms with Crippen molar-refractivity contribution in [2.45, 2.75) is 6.54 Å². The topological polar surface area (TPSA) is 82.8 Å². The van der Waals surface area contributed by atoms with Crippen LogP contribution in [0.4, 0.5) is 0 Å². The van der Waals surface area contributed by atoms with Crippen LogP contribution >= 0.6 is 0 Å². The first kappa shape index (κ1) is 7.93. The van der Waals surface area contributed by atoms with Gasteiger partial charge in [0.2, 0.25) is 11.7 Å². The van der Waals surface area contributed by atoms with Gasteiger partial charge in [-0.05, 0) is 0 Å². The lowest BCUT2D eigenvalue weighted by molar-refractivity contribution is 0.380. The largest absolute Gasteiger partial charge is 0.340 e. The fraction of sp³-hybridized carbons (Fsp3) is 0.286. The van der Waals surface area contributed by atoms with E-state index >= 15 is 0 Å². The minimum Gasteiger partial charge on any atom is -0.340 e. The van der Waals surface area contributed by atoms with Crippen molar-refractivity contribution in [3.8, 4) is 11.5 Å². The monoisotopic (exact) mass is 179 g/mol. The lowest BCUT2D eigenvalue weighted by Crippen LogP contribution is -1.95. The minimum atomic E-state index is 0.250. The number of aryl methyl sites for hydroxylation is 1. The zero-order valence-corrected chi connectivity index (χ0v) is 7.14. The second kappa shape index (κ2) is 2.98. The number of hydrogen-bond donors (Lipinski definition) is 1. The first-order valence-corrected chi connectivity index (χ1v) is 3.80. The predicted octanol–water partition coefficient (Wildman–Crippen LogP) is -0.0712. The molecule has 2 aromatic heterocycles. The van der Waals surface area contributed by atoms with Crippen molar-refractivity contribution in [3.63, 3.8) is 0 Å². The average Bonchev–Trinajstić information content (AvgIpc) is 2.71. The van der Waals surface area contributed by atoms with Crippen molar-refractivity contribution in [3.05, 3.63) is 18.4 Å². The molecule has 0 unspecified atom stereocenters. The van der Waals surface area contributed by atoms with E-state index in [0.717, 1.165) is 0 Å². The molecule has 0 saturated heterocycles. The van der Waals surface area contributed by atoms with Gasteiger partial charge in [0.25, 0.3) is 0 Å². The zero-order valence-electron chi connectivity index (χ0n) is 7.14. The summed E-state index contributed by atoms with van der Waals surface area (Å²) in [5, 5.41) is 3.73. The first-order valence-electron chi connectivity index (χ1n) is 3.80. The van der Waals surface area contributed by atoms with Crippen LogP contribution in [0.3, 0.4) is 0 Å². The molecule has 2 heterocycles. The van der Waals surface area contributed by atoms with E-state index in [1.165, 1.54) is 0 Å². The molecule has 0 amide bonds. The molecule has 0 radical (unpaired) electrons. The minimum absolute atomic E-state index is 0.250. The molecule has 0 aliphatic heterocycles. The Bertz CT molecular complexity index is 404. The summed E-state index contributed by atoms with van der Waals surface area (Å²) in [6, 6.07) is 0. The highest BCUT2D eigenvalue weighted by Crippen LogP contribution is 2.11. The zero-order chi connectivity index (χ0) is 9.26. The van der Waals surface area contributed by atoms with E-state index in [0.29, 0.717) is 17.4 Å². The van der Waals surface area contributed by atoms with Gasteiger partial charge in [-0.2, -0.15) is 4.98 Å². The molecule has 0 spiro atoms. The summed E-state index contributed by atoms with van der Waals surface area (Å²) in [7, 11) is 1.88. The standard InChI is InChI=1S/C7H9N5O/c1-12-3-5(9-4-12)7-10-6(2-8)13-11-7/h3-4H,2,8H2,1H3. The SMILES string of the molecule is Cn1cnc(-c2noc(CN)n2)c1. The smallest absolute Gasteiger partial charge is 0.240 e. The second-order valence-electron chi connectivity index (χ2n) is 2.64. The molecule has 6 heteroatoms. The summed E-state index contributed by atoms with van der Waals surface area (Å²) in [6.45, 7) is 0.250. The Morgan fingerprint density at radius 2 is 2.46 bits per heavy atom. The third kappa shape index (κ3) is 1.43. The van der Waals surface area contributed by atoms with Gasteiger partial charge in [-0.25, -0.2) is 4.98 Å². The Labute approximate surface area is 74.4 Å². The molecule has 0 aliphatic rings. The van der Waals surface area contributed by atoms with Gasteiger partial charge in [-0.1, -0.05) is 5.16 Å². The van der Waals surface area contributed by atoms with Crippen molar-refractivity contribution < 1.29 is 4.52 Å². The highest BCUT2D eigenvalue weighted by molar-refractivity contribution is 5.45. The van der Waals surface area contributed by atoms with Gasteiger partial charge >= 0.3 is 0 Å². The van der Waals surface area contributed by atoms with Gasteiger partial charge in [0.05, 0.1) is 12.9 Å². The molecule has 0 fully saturated rings. The van der Waals surface area contributed by atoms with E-state index in [2.05, 4.69) is 15.1 Å². The van der Waals surface area contributed by atoms with Crippen LogP contribution in [0.25, 0.3) is 11.5 Å². The number of imidazole rings is 1. The second-order valence-corrected chi connectivity index (χ2v) is 2.64. The molecule has 2 rings (SSSR count). The van der Waals surface area contributed by atoms with Gasteiger partial charge in [-0.15, -0.1) is 0 Å². The van der Waals surface area contributed by atoms with Crippen LogP contribution in [-0.4, -0.2) is 19.7 Å². The summed E-state index contributed by atoms with van der Waals surface area (Å²) < 4.78 is 6.66. The molecular weight excluding hydrogens is 170 g/mol. The number of rotatable bonds is 2. The average molecular weight is 179 g/mol. The molecule has 0 aliphatic carbocycles. The van der Waals surface area contributed by atoms with Gasteiger partial charge in [0.1, 0.15) is 5.69 Å². The Balaban J connectivity index is 2.35. The summed E-state index contributed by atoms with van der Waals surface area (Å²) in [4.78, 5) is 8.10. The molecule has 0 saturated carbocycles. The van der Waals surface area contributed by atoms with Crippen LogP contribution in [0.5, 0.6) is 0 Å². The third-order valence-corrected chi connectivity index (χ3v) is 1.58. The maximum atomic E-state index is 5.32. The molecule has 0 bridgehead atoms. The normalized spacial score (nSPS) is 10.6. The van der Waals surface area contributed by atoms with Crippen molar-refractivity contribution >= 4 is 0 Å². The van der Waals surface area contributed by atoms with E-state index in [-0.39, 0.29) is 6.54 Å². The first-order chi connectivity index (χ1) is 6.29. The van der Waals surface area contributed by atoms with Crippen LogP contribution < -0.4 is 5.73 Å². The summed E-state index contributed by atoms with van der Waals surface area (Å²) in [5.41, 5.74) is 6.01. The van der Waals surface area contributed by atoms with Crippen molar-refractivity contribution in [1.29, 1.82) is 0 Å². The molecule has 13 heavy (non-hydrogen) atoms. The Hall–Kier alpha value is -1.69.